The van der Waals surface area contributed by atoms with Crippen LogP contribution < -0.4 is 15.6 Å². The number of carbonyl (C=O) groups excluding carboxylic acids is 1. The number of nitrogens with one attached hydrogen (secondary N) is 1. The standard InChI is InChI=1S/C25H27N5O3/c1-4-33-21-10-8-20(9-11-21)29-12-13-30-22(27-28-24(30)25(29)32)6-5-7-23(31)26-19-15-17(2)14-18(3)16-19/h8-16H,4-7H2,1-3H3,(H,26,31). The zero-order valence-corrected chi connectivity index (χ0v) is 19.0. The van der Waals surface area contributed by atoms with Crippen LogP contribution in [0, 0.1) is 13.8 Å². The van der Waals surface area contributed by atoms with Gasteiger partial charge in [0, 0.05) is 36.6 Å². The van der Waals surface area contributed by atoms with Gasteiger partial charge in [-0.15, -0.1) is 10.2 Å². The average molecular weight is 446 g/mol. The van der Waals surface area contributed by atoms with E-state index in [1.807, 2.05) is 57.2 Å². The van der Waals surface area contributed by atoms with E-state index in [2.05, 4.69) is 21.6 Å². The van der Waals surface area contributed by atoms with Gasteiger partial charge in [-0.3, -0.25) is 18.6 Å². The van der Waals surface area contributed by atoms with Crippen molar-refractivity contribution in [3.8, 4) is 11.4 Å². The van der Waals surface area contributed by atoms with Gasteiger partial charge in [0.1, 0.15) is 11.6 Å². The Kier molecular flexibility index (Phi) is 6.53. The number of anilines is 1. The number of hydrogen-bond acceptors (Lipinski definition) is 5. The summed E-state index contributed by atoms with van der Waals surface area (Å²) in [5, 5.41) is 11.2. The van der Waals surface area contributed by atoms with E-state index < -0.39 is 0 Å². The fourth-order valence-corrected chi connectivity index (χ4v) is 3.86. The Labute approximate surface area is 191 Å². The Morgan fingerprint density at radius 2 is 1.76 bits per heavy atom. The van der Waals surface area contributed by atoms with Crippen molar-refractivity contribution in [3.05, 3.63) is 82.2 Å². The third kappa shape index (κ3) is 5.11. The van der Waals surface area contributed by atoms with Crippen molar-refractivity contribution >= 4 is 17.2 Å². The van der Waals surface area contributed by atoms with Gasteiger partial charge < -0.3 is 10.1 Å². The number of rotatable bonds is 8. The summed E-state index contributed by atoms with van der Waals surface area (Å²) in [6.45, 7) is 6.51. The second-order valence-corrected chi connectivity index (χ2v) is 7.99. The Balaban J connectivity index is 1.42. The number of hydrogen-bond donors (Lipinski definition) is 1. The van der Waals surface area contributed by atoms with Gasteiger partial charge in [-0.25, -0.2) is 0 Å². The zero-order valence-electron chi connectivity index (χ0n) is 19.0. The fraction of sp³-hybridized carbons (Fsp3) is 0.280. The van der Waals surface area contributed by atoms with Gasteiger partial charge in [0.15, 0.2) is 0 Å². The SMILES string of the molecule is CCOc1ccc(-n2ccn3c(CCCC(=O)Nc4cc(C)cc(C)c4)nnc3c2=O)cc1. The maximum absolute atomic E-state index is 12.9. The molecule has 0 unspecified atom stereocenters. The lowest BCUT2D eigenvalue weighted by atomic mass is 10.1. The summed E-state index contributed by atoms with van der Waals surface area (Å²) in [5.74, 6) is 1.36. The molecule has 0 aliphatic carbocycles. The van der Waals surface area contributed by atoms with Gasteiger partial charge in [-0.2, -0.15) is 0 Å². The Morgan fingerprint density at radius 3 is 2.45 bits per heavy atom. The molecule has 1 amide bonds. The van der Waals surface area contributed by atoms with Gasteiger partial charge in [-0.05, 0) is 74.7 Å². The quantitative estimate of drug-likeness (QED) is 0.445. The number of fused-ring (bicyclic) bond motifs is 1. The predicted octanol–water partition coefficient (Wildman–Crippen LogP) is 3.86. The van der Waals surface area contributed by atoms with Gasteiger partial charge in [0.05, 0.1) is 6.61 Å². The predicted molar refractivity (Wildman–Crippen MR) is 127 cm³/mol. The molecule has 1 N–H and O–H groups in total. The summed E-state index contributed by atoms with van der Waals surface area (Å²) < 4.78 is 8.67. The minimum atomic E-state index is -0.257. The van der Waals surface area contributed by atoms with Crippen molar-refractivity contribution in [2.24, 2.45) is 0 Å². The second-order valence-electron chi connectivity index (χ2n) is 7.99. The summed E-state index contributed by atoms with van der Waals surface area (Å²) in [4.78, 5) is 25.3. The fourth-order valence-electron chi connectivity index (χ4n) is 3.86. The number of carbonyl (C=O) groups is 1. The van der Waals surface area contributed by atoms with Crippen LogP contribution in [0.3, 0.4) is 0 Å². The molecular formula is C25H27N5O3. The third-order valence-corrected chi connectivity index (χ3v) is 5.28. The first-order chi connectivity index (χ1) is 15.9. The van der Waals surface area contributed by atoms with Crippen molar-refractivity contribution in [2.75, 3.05) is 11.9 Å². The maximum atomic E-state index is 12.9. The molecule has 0 radical (unpaired) electrons. The normalized spacial score (nSPS) is 11.0. The molecule has 2 heterocycles. The lowest BCUT2D eigenvalue weighted by Gasteiger charge is -2.08. The molecule has 0 saturated carbocycles. The highest BCUT2D eigenvalue weighted by Crippen LogP contribution is 2.16. The Bertz CT molecular complexity index is 1320. The highest BCUT2D eigenvalue weighted by molar-refractivity contribution is 5.90. The van der Waals surface area contributed by atoms with Crippen LogP contribution in [0.15, 0.2) is 59.7 Å². The molecule has 0 bridgehead atoms. The van der Waals surface area contributed by atoms with Crippen molar-refractivity contribution in [1.82, 2.24) is 19.2 Å². The number of nitrogens with zero attached hydrogens (tertiary/aromatic N) is 4. The number of aromatic nitrogens is 4. The highest BCUT2D eigenvalue weighted by atomic mass is 16.5. The average Bonchev–Trinajstić information content (AvgIpc) is 3.18. The molecule has 0 atom stereocenters. The lowest BCUT2D eigenvalue weighted by Crippen LogP contribution is -2.20. The zero-order chi connectivity index (χ0) is 23.4. The molecule has 0 fully saturated rings. The van der Waals surface area contributed by atoms with Crippen molar-refractivity contribution in [2.45, 2.75) is 40.0 Å². The minimum absolute atomic E-state index is 0.0494. The van der Waals surface area contributed by atoms with E-state index in [1.165, 1.54) is 4.57 Å². The Morgan fingerprint density at radius 1 is 1.03 bits per heavy atom. The number of benzene rings is 2. The molecular weight excluding hydrogens is 418 g/mol. The van der Waals surface area contributed by atoms with Gasteiger partial charge in [0.2, 0.25) is 11.6 Å². The minimum Gasteiger partial charge on any atom is -0.494 e. The van der Waals surface area contributed by atoms with E-state index in [0.29, 0.717) is 31.7 Å². The summed E-state index contributed by atoms with van der Waals surface area (Å²) in [7, 11) is 0. The molecule has 4 aromatic rings. The van der Waals surface area contributed by atoms with Crippen LogP contribution in [-0.4, -0.2) is 31.7 Å². The second kappa shape index (κ2) is 9.68. The van der Waals surface area contributed by atoms with E-state index in [-0.39, 0.29) is 17.1 Å². The van der Waals surface area contributed by atoms with Crippen molar-refractivity contribution in [1.29, 1.82) is 0 Å². The lowest BCUT2D eigenvalue weighted by molar-refractivity contribution is -0.116. The number of amides is 1. The molecule has 2 aromatic heterocycles. The molecule has 8 nitrogen and oxygen atoms in total. The summed E-state index contributed by atoms with van der Waals surface area (Å²) in [6, 6.07) is 13.3. The summed E-state index contributed by atoms with van der Waals surface area (Å²) >= 11 is 0. The largest absolute Gasteiger partial charge is 0.494 e. The smallest absolute Gasteiger partial charge is 0.300 e. The van der Waals surface area contributed by atoms with E-state index in [1.54, 1.807) is 16.8 Å². The maximum Gasteiger partial charge on any atom is 0.300 e. The number of ether oxygens (including phenoxy) is 1. The summed E-state index contributed by atoms with van der Waals surface area (Å²) in [5.41, 5.74) is 3.74. The molecule has 170 valence electrons. The first kappa shape index (κ1) is 22.3. The van der Waals surface area contributed by atoms with Crippen LogP contribution in [0.1, 0.15) is 36.7 Å². The van der Waals surface area contributed by atoms with Crippen LogP contribution in [-0.2, 0) is 11.2 Å². The van der Waals surface area contributed by atoms with Gasteiger partial charge in [-0.1, -0.05) is 6.07 Å². The molecule has 0 aliphatic rings. The number of aryl methyl sites for hydroxylation is 3. The van der Waals surface area contributed by atoms with Crippen LogP contribution in [0.2, 0.25) is 0 Å². The molecule has 0 spiro atoms. The topological polar surface area (TPSA) is 90.5 Å². The van der Waals surface area contributed by atoms with E-state index in [4.69, 9.17) is 4.74 Å². The van der Waals surface area contributed by atoms with Crippen LogP contribution >= 0.6 is 0 Å². The monoisotopic (exact) mass is 445 g/mol. The molecule has 2 aromatic carbocycles. The van der Waals surface area contributed by atoms with Crippen LogP contribution in [0.25, 0.3) is 11.3 Å². The molecule has 0 aliphatic heterocycles. The summed E-state index contributed by atoms with van der Waals surface area (Å²) in [6.07, 6.45) is 4.96. The van der Waals surface area contributed by atoms with Crippen molar-refractivity contribution in [3.63, 3.8) is 0 Å². The molecule has 4 rings (SSSR count). The molecule has 0 saturated heterocycles. The van der Waals surface area contributed by atoms with E-state index in [0.717, 1.165) is 28.3 Å². The Hall–Kier alpha value is -3.94. The van der Waals surface area contributed by atoms with Crippen LogP contribution in [0.5, 0.6) is 5.75 Å². The molecule has 8 heteroatoms. The van der Waals surface area contributed by atoms with Crippen molar-refractivity contribution < 1.29 is 9.53 Å². The van der Waals surface area contributed by atoms with Gasteiger partial charge >= 0.3 is 5.56 Å². The highest BCUT2D eigenvalue weighted by Gasteiger charge is 2.12. The molecule has 33 heavy (non-hydrogen) atoms. The first-order valence-corrected chi connectivity index (χ1v) is 11.0. The van der Waals surface area contributed by atoms with Crippen LogP contribution in [0.4, 0.5) is 5.69 Å². The van der Waals surface area contributed by atoms with Gasteiger partial charge in [0.25, 0.3) is 0 Å². The van der Waals surface area contributed by atoms with E-state index in [9.17, 15) is 9.59 Å². The van der Waals surface area contributed by atoms with E-state index >= 15 is 0 Å². The third-order valence-electron chi connectivity index (χ3n) is 5.28. The first-order valence-electron chi connectivity index (χ1n) is 11.0.